The number of carbonyl (C=O) groups is 1. The second-order valence-corrected chi connectivity index (χ2v) is 4.09. The van der Waals surface area contributed by atoms with E-state index in [0.29, 0.717) is 0 Å². The molecule has 0 aromatic rings. The summed E-state index contributed by atoms with van der Waals surface area (Å²) in [5.74, 6) is -0.779. The molecule has 0 saturated carbocycles. The number of carboxylic acid groups (broad SMARTS) is 1. The summed E-state index contributed by atoms with van der Waals surface area (Å²) >= 11 is 0. The highest BCUT2D eigenvalue weighted by Crippen LogP contribution is 2.17. The van der Waals surface area contributed by atoms with E-state index in [0.717, 1.165) is 25.7 Å². The Bertz CT molecular complexity index is 196. The van der Waals surface area contributed by atoms with Crippen LogP contribution in [0.15, 0.2) is 12.2 Å². The number of allylic oxidation sites excluding steroid dienone is 2. The number of hydrogen-bond acceptors (Lipinski definition) is 1. The lowest BCUT2D eigenvalue weighted by molar-refractivity contribution is -0.141. The summed E-state index contributed by atoms with van der Waals surface area (Å²) in [6, 6.07) is 0. The maximum absolute atomic E-state index is 10.9. The normalized spacial score (nSPS) is 27.6. The van der Waals surface area contributed by atoms with Crippen molar-refractivity contribution in [3.8, 4) is 0 Å². The summed E-state index contributed by atoms with van der Waals surface area (Å²) in [6.45, 7) is 0. The largest absolute Gasteiger partial charge is 0.481 e. The van der Waals surface area contributed by atoms with Crippen molar-refractivity contribution in [1.29, 1.82) is 0 Å². The minimum Gasteiger partial charge on any atom is -0.481 e. The van der Waals surface area contributed by atoms with Crippen LogP contribution in [-0.2, 0) is 4.79 Å². The Morgan fingerprint density at radius 3 is 2.57 bits per heavy atom. The van der Waals surface area contributed by atoms with Gasteiger partial charge in [0.1, 0.15) is 0 Å². The highest BCUT2D eigenvalue weighted by Gasteiger charge is 2.15. The highest BCUT2D eigenvalue weighted by atomic mass is 16.4. The summed E-state index contributed by atoms with van der Waals surface area (Å²) in [4.78, 5) is 10.9. The van der Waals surface area contributed by atoms with E-state index in [2.05, 4.69) is 6.08 Å². The molecule has 1 aliphatic carbocycles. The van der Waals surface area contributed by atoms with E-state index in [9.17, 15) is 4.79 Å². The molecule has 1 aliphatic rings. The molecule has 0 heterocycles. The number of aliphatic carboxylic acids is 1. The van der Waals surface area contributed by atoms with Crippen molar-refractivity contribution in [1.82, 2.24) is 0 Å². The van der Waals surface area contributed by atoms with Gasteiger partial charge >= 0.3 is 5.97 Å². The van der Waals surface area contributed by atoms with Gasteiger partial charge in [-0.3, -0.25) is 4.79 Å². The molecule has 0 aromatic heterocycles. The number of rotatable bonds is 1. The van der Waals surface area contributed by atoms with Gasteiger partial charge in [-0.25, -0.2) is 0 Å². The molecule has 2 nitrogen and oxygen atoms in total. The van der Waals surface area contributed by atoms with Crippen molar-refractivity contribution in [2.45, 2.75) is 51.4 Å². The van der Waals surface area contributed by atoms with Crippen LogP contribution in [0.25, 0.3) is 0 Å². The number of carboxylic acids is 1. The molecule has 80 valence electrons. The lowest BCUT2D eigenvalue weighted by Crippen LogP contribution is -2.12. The molecule has 0 aliphatic heterocycles. The van der Waals surface area contributed by atoms with Crippen molar-refractivity contribution in [3.63, 3.8) is 0 Å². The Morgan fingerprint density at radius 1 is 1.07 bits per heavy atom. The van der Waals surface area contributed by atoms with E-state index in [1.807, 2.05) is 6.08 Å². The molecule has 0 radical (unpaired) electrons. The van der Waals surface area contributed by atoms with Crippen LogP contribution < -0.4 is 0 Å². The quantitative estimate of drug-likeness (QED) is 0.653. The van der Waals surface area contributed by atoms with Gasteiger partial charge in [0, 0.05) is 0 Å². The molecule has 0 bridgehead atoms. The summed E-state index contributed by atoms with van der Waals surface area (Å²) in [6.07, 6.45) is 13.0. The van der Waals surface area contributed by atoms with Crippen molar-refractivity contribution in [3.05, 3.63) is 12.2 Å². The Labute approximate surface area is 86.0 Å². The van der Waals surface area contributed by atoms with Gasteiger partial charge in [-0.15, -0.1) is 0 Å². The number of hydrogen-bond donors (Lipinski definition) is 1. The second kappa shape index (κ2) is 6.63. The molecule has 1 atom stereocenters. The molecule has 1 rings (SSSR count). The molecule has 0 fully saturated rings. The summed E-state index contributed by atoms with van der Waals surface area (Å²) in [7, 11) is 0. The fourth-order valence-electron chi connectivity index (χ4n) is 1.90. The fourth-order valence-corrected chi connectivity index (χ4v) is 1.90. The van der Waals surface area contributed by atoms with E-state index in [1.54, 1.807) is 0 Å². The molecule has 2 heteroatoms. The van der Waals surface area contributed by atoms with Crippen molar-refractivity contribution >= 4 is 5.97 Å². The smallest absolute Gasteiger partial charge is 0.306 e. The van der Waals surface area contributed by atoms with E-state index in [4.69, 9.17) is 5.11 Å². The maximum atomic E-state index is 10.9. The van der Waals surface area contributed by atoms with Crippen molar-refractivity contribution in [2.24, 2.45) is 5.92 Å². The molecule has 1 unspecified atom stereocenters. The van der Waals surface area contributed by atoms with Gasteiger partial charge in [0.05, 0.1) is 5.92 Å². The molecule has 0 saturated heterocycles. The molecule has 14 heavy (non-hydrogen) atoms. The van der Waals surface area contributed by atoms with E-state index in [1.165, 1.54) is 25.7 Å². The summed E-state index contributed by atoms with van der Waals surface area (Å²) < 4.78 is 0. The highest BCUT2D eigenvalue weighted by molar-refractivity contribution is 5.70. The first-order valence-corrected chi connectivity index (χ1v) is 5.68. The molecular formula is C12H20O2. The monoisotopic (exact) mass is 196 g/mol. The second-order valence-electron chi connectivity index (χ2n) is 4.09. The molecule has 0 aromatic carbocycles. The van der Waals surface area contributed by atoms with Crippen LogP contribution in [0.1, 0.15) is 51.4 Å². The lowest BCUT2D eigenvalue weighted by atomic mass is 9.98. The van der Waals surface area contributed by atoms with E-state index >= 15 is 0 Å². The zero-order chi connectivity index (χ0) is 10.2. The van der Waals surface area contributed by atoms with Crippen LogP contribution in [0, 0.1) is 5.92 Å². The molecule has 0 spiro atoms. The van der Waals surface area contributed by atoms with Crippen LogP contribution >= 0.6 is 0 Å². The van der Waals surface area contributed by atoms with Gasteiger partial charge in [0.15, 0.2) is 0 Å². The average Bonchev–Trinajstić information content (AvgIpc) is 2.21. The third-order valence-electron chi connectivity index (χ3n) is 2.86. The van der Waals surface area contributed by atoms with Crippen molar-refractivity contribution in [2.75, 3.05) is 0 Å². The SMILES string of the molecule is O=C(O)C1C/C=C/CCCCCCC1. The summed E-state index contributed by atoms with van der Waals surface area (Å²) in [5, 5.41) is 8.95. The van der Waals surface area contributed by atoms with E-state index < -0.39 is 5.97 Å². The zero-order valence-corrected chi connectivity index (χ0v) is 8.74. The predicted molar refractivity (Wildman–Crippen MR) is 57.2 cm³/mol. The summed E-state index contributed by atoms with van der Waals surface area (Å²) in [5.41, 5.74) is 0. The van der Waals surface area contributed by atoms with Crippen LogP contribution in [0.2, 0.25) is 0 Å². The van der Waals surface area contributed by atoms with Gasteiger partial charge in [-0.2, -0.15) is 0 Å². The first kappa shape index (κ1) is 11.3. The first-order valence-electron chi connectivity index (χ1n) is 5.68. The van der Waals surface area contributed by atoms with E-state index in [-0.39, 0.29) is 5.92 Å². The Balaban J connectivity index is 2.41. The van der Waals surface area contributed by atoms with Crippen molar-refractivity contribution < 1.29 is 9.90 Å². The van der Waals surface area contributed by atoms with Crippen LogP contribution in [0.5, 0.6) is 0 Å². The minimum atomic E-state index is -0.631. The topological polar surface area (TPSA) is 37.3 Å². The van der Waals surface area contributed by atoms with Crippen LogP contribution in [0.3, 0.4) is 0 Å². The Morgan fingerprint density at radius 2 is 1.79 bits per heavy atom. The third kappa shape index (κ3) is 4.45. The van der Waals surface area contributed by atoms with Gasteiger partial charge in [0.25, 0.3) is 0 Å². The fraction of sp³-hybridized carbons (Fsp3) is 0.750. The molecule has 0 amide bonds. The zero-order valence-electron chi connectivity index (χ0n) is 8.74. The Kier molecular flexibility index (Phi) is 5.35. The van der Waals surface area contributed by atoms with Crippen LogP contribution in [0.4, 0.5) is 0 Å². The van der Waals surface area contributed by atoms with Gasteiger partial charge < -0.3 is 5.11 Å². The third-order valence-corrected chi connectivity index (χ3v) is 2.86. The molecular weight excluding hydrogens is 176 g/mol. The van der Waals surface area contributed by atoms with Gasteiger partial charge in [0.2, 0.25) is 0 Å². The first-order chi connectivity index (χ1) is 6.80. The maximum Gasteiger partial charge on any atom is 0.306 e. The average molecular weight is 196 g/mol. The lowest BCUT2D eigenvalue weighted by Gasteiger charge is -2.08. The Hall–Kier alpha value is -0.790. The standard InChI is InChI=1S/C12H20O2/c13-12(14)11-9-7-5-3-1-2-4-6-8-10-11/h5,7,11H,1-4,6,8-10H2,(H,13,14)/b7-5+. The van der Waals surface area contributed by atoms with Gasteiger partial charge in [-0.05, 0) is 25.7 Å². The van der Waals surface area contributed by atoms with Gasteiger partial charge in [-0.1, -0.05) is 37.8 Å². The molecule has 1 N–H and O–H groups in total. The minimum absolute atomic E-state index is 0.149. The predicted octanol–water partition coefficient (Wildman–Crippen LogP) is 3.38. The van der Waals surface area contributed by atoms with Crippen LogP contribution in [-0.4, -0.2) is 11.1 Å².